The molecule has 1 rings (SSSR count). The van der Waals surface area contributed by atoms with E-state index in [1.165, 1.54) is 0 Å². The van der Waals surface area contributed by atoms with Gasteiger partial charge in [0.15, 0.2) is 0 Å². The van der Waals surface area contributed by atoms with Gasteiger partial charge in [-0.25, -0.2) is 9.59 Å². The summed E-state index contributed by atoms with van der Waals surface area (Å²) in [6.07, 6.45) is 1.01. The van der Waals surface area contributed by atoms with Crippen molar-refractivity contribution < 1.29 is 19.1 Å². The summed E-state index contributed by atoms with van der Waals surface area (Å²) in [5, 5.41) is 0. The Labute approximate surface area is 145 Å². The van der Waals surface area contributed by atoms with Crippen LogP contribution in [0.4, 0.5) is 4.79 Å². The van der Waals surface area contributed by atoms with Gasteiger partial charge >= 0.3 is 12.1 Å². The van der Waals surface area contributed by atoms with Gasteiger partial charge in [0.1, 0.15) is 11.3 Å². The van der Waals surface area contributed by atoms with Gasteiger partial charge in [0, 0.05) is 19.0 Å². The third kappa shape index (κ3) is 6.89. The summed E-state index contributed by atoms with van der Waals surface area (Å²) in [4.78, 5) is 30.6. The number of likely N-dealkylation sites (tertiary alicyclic amines) is 1. The van der Waals surface area contributed by atoms with Crippen LogP contribution in [0.2, 0.25) is 0 Å². The van der Waals surface area contributed by atoms with E-state index in [2.05, 4.69) is 4.99 Å². The van der Waals surface area contributed by atoms with E-state index >= 15 is 0 Å². The largest absolute Gasteiger partial charge is 0.458 e. The highest BCUT2D eigenvalue weighted by Gasteiger charge is 2.28. The summed E-state index contributed by atoms with van der Waals surface area (Å²) >= 11 is 0. The molecule has 0 aromatic rings. The quantitative estimate of drug-likeness (QED) is 0.581. The van der Waals surface area contributed by atoms with E-state index < -0.39 is 5.60 Å². The second kappa shape index (κ2) is 8.49. The topological polar surface area (TPSA) is 68.2 Å². The molecule has 0 N–H and O–H groups in total. The first kappa shape index (κ1) is 20.5. The SMILES string of the molecule is CC(C)OC(=O)/C(=N\C1CCN(C(=O)OC(C)(C)C)CC1)C(C)C. The van der Waals surface area contributed by atoms with Crippen LogP contribution < -0.4 is 0 Å². The van der Waals surface area contributed by atoms with Crippen molar-refractivity contribution in [3.8, 4) is 0 Å². The Bertz CT molecular complexity index is 470. The summed E-state index contributed by atoms with van der Waals surface area (Å²) in [6.45, 7) is 14.3. The molecule has 0 bridgehead atoms. The second-order valence-electron chi connectivity index (χ2n) is 7.82. The molecule has 1 heterocycles. The minimum Gasteiger partial charge on any atom is -0.458 e. The number of amides is 1. The van der Waals surface area contributed by atoms with Crippen LogP contribution in [0.15, 0.2) is 4.99 Å². The Morgan fingerprint density at radius 3 is 2.04 bits per heavy atom. The average molecular weight is 340 g/mol. The number of ether oxygens (including phenoxy) is 2. The van der Waals surface area contributed by atoms with Crippen LogP contribution in [0.5, 0.6) is 0 Å². The number of rotatable bonds is 4. The third-order valence-corrected chi connectivity index (χ3v) is 3.54. The molecule has 0 saturated carbocycles. The number of carbonyl (C=O) groups excluding carboxylic acids is 2. The number of aliphatic imine (C=N–C) groups is 1. The molecular formula is C18H32N2O4. The fourth-order valence-electron chi connectivity index (χ4n) is 2.41. The van der Waals surface area contributed by atoms with Crippen molar-refractivity contribution in [1.82, 2.24) is 4.90 Å². The van der Waals surface area contributed by atoms with E-state index in [1.807, 2.05) is 48.5 Å². The fourth-order valence-corrected chi connectivity index (χ4v) is 2.41. The van der Waals surface area contributed by atoms with E-state index in [9.17, 15) is 9.59 Å². The van der Waals surface area contributed by atoms with E-state index in [0.29, 0.717) is 18.8 Å². The van der Waals surface area contributed by atoms with Gasteiger partial charge in [0.05, 0.1) is 12.1 Å². The van der Waals surface area contributed by atoms with E-state index in [4.69, 9.17) is 9.47 Å². The van der Waals surface area contributed by atoms with Gasteiger partial charge in [-0.3, -0.25) is 4.99 Å². The summed E-state index contributed by atoms with van der Waals surface area (Å²) < 4.78 is 10.7. The van der Waals surface area contributed by atoms with Crippen molar-refractivity contribution in [1.29, 1.82) is 0 Å². The molecule has 0 spiro atoms. The molecule has 138 valence electrons. The molecule has 0 radical (unpaired) electrons. The lowest BCUT2D eigenvalue weighted by Gasteiger charge is -2.32. The van der Waals surface area contributed by atoms with Crippen LogP contribution in [0.3, 0.4) is 0 Å². The third-order valence-electron chi connectivity index (χ3n) is 3.54. The van der Waals surface area contributed by atoms with Gasteiger partial charge in [-0.05, 0) is 47.5 Å². The molecule has 0 unspecified atom stereocenters. The van der Waals surface area contributed by atoms with Crippen LogP contribution in [0, 0.1) is 5.92 Å². The Kier molecular flexibility index (Phi) is 7.24. The molecular weight excluding hydrogens is 308 g/mol. The maximum atomic E-state index is 12.2. The van der Waals surface area contributed by atoms with Crippen molar-refractivity contribution in [3.63, 3.8) is 0 Å². The first-order chi connectivity index (χ1) is 11.0. The van der Waals surface area contributed by atoms with Crippen molar-refractivity contribution >= 4 is 17.8 Å². The standard InChI is InChI=1S/C18H32N2O4/c1-12(2)15(16(21)23-13(3)4)19-14-8-10-20(11-9-14)17(22)24-18(5,6)7/h12-14H,8-11H2,1-7H3/b19-15-. The lowest BCUT2D eigenvalue weighted by atomic mass is 10.0. The minimum atomic E-state index is -0.489. The Morgan fingerprint density at radius 1 is 1.08 bits per heavy atom. The van der Waals surface area contributed by atoms with Crippen LogP contribution >= 0.6 is 0 Å². The zero-order valence-electron chi connectivity index (χ0n) is 16.1. The number of nitrogens with zero attached hydrogens (tertiary/aromatic N) is 2. The molecule has 1 fully saturated rings. The molecule has 1 saturated heterocycles. The molecule has 6 nitrogen and oxygen atoms in total. The zero-order valence-corrected chi connectivity index (χ0v) is 16.1. The molecule has 1 aliphatic heterocycles. The molecule has 0 atom stereocenters. The van der Waals surface area contributed by atoms with Gasteiger partial charge in [0.25, 0.3) is 0 Å². The summed E-state index contributed by atoms with van der Waals surface area (Å²) in [6, 6.07) is 0.0424. The van der Waals surface area contributed by atoms with Crippen LogP contribution in [0.25, 0.3) is 0 Å². The predicted octanol–water partition coefficient (Wildman–Crippen LogP) is 3.43. The highest BCUT2D eigenvalue weighted by molar-refractivity contribution is 6.37. The van der Waals surface area contributed by atoms with Crippen LogP contribution in [0.1, 0.15) is 61.3 Å². The Hall–Kier alpha value is -1.59. The molecule has 6 heteroatoms. The molecule has 0 aromatic heterocycles. The number of piperidine rings is 1. The molecule has 1 aliphatic rings. The van der Waals surface area contributed by atoms with Gasteiger partial charge in [0.2, 0.25) is 0 Å². The summed E-state index contributed by atoms with van der Waals surface area (Å²) in [7, 11) is 0. The molecule has 0 aliphatic carbocycles. The average Bonchev–Trinajstić information content (AvgIpc) is 2.42. The van der Waals surface area contributed by atoms with Crippen LogP contribution in [-0.4, -0.2) is 53.5 Å². The van der Waals surface area contributed by atoms with Gasteiger partial charge in [-0.2, -0.15) is 0 Å². The number of esters is 1. The maximum absolute atomic E-state index is 12.2. The zero-order chi connectivity index (χ0) is 18.5. The van der Waals surface area contributed by atoms with E-state index in [0.717, 1.165) is 12.8 Å². The van der Waals surface area contributed by atoms with E-state index in [-0.39, 0.29) is 30.1 Å². The van der Waals surface area contributed by atoms with Gasteiger partial charge < -0.3 is 14.4 Å². The van der Waals surface area contributed by atoms with Gasteiger partial charge in [-0.1, -0.05) is 13.8 Å². The van der Waals surface area contributed by atoms with Gasteiger partial charge in [-0.15, -0.1) is 0 Å². The summed E-state index contributed by atoms with van der Waals surface area (Å²) in [5.74, 6) is -0.324. The molecule has 0 aromatic carbocycles. The lowest BCUT2D eigenvalue weighted by Crippen LogP contribution is -2.43. The first-order valence-electron chi connectivity index (χ1n) is 8.76. The van der Waals surface area contributed by atoms with E-state index in [1.54, 1.807) is 4.90 Å². The maximum Gasteiger partial charge on any atom is 0.410 e. The molecule has 1 amide bonds. The monoisotopic (exact) mass is 340 g/mol. The second-order valence-corrected chi connectivity index (χ2v) is 7.82. The fraction of sp³-hybridized carbons (Fsp3) is 0.833. The predicted molar refractivity (Wildman–Crippen MR) is 94.3 cm³/mol. The summed E-state index contributed by atoms with van der Waals surface area (Å²) in [5.41, 5.74) is -0.00302. The highest BCUT2D eigenvalue weighted by Crippen LogP contribution is 2.18. The number of hydrogen-bond donors (Lipinski definition) is 0. The Balaban J connectivity index is 2.65. The first-order valence-corrected chi connectivity index (χ1v) is 8.76. The van der Waals surface area contributed by atoms with Crippen molar-refractivity contribution in [2.75, 3.05) is 13.1 Å². The number of carbonyl (C=O) groups is 2. The normalized spacial score (nSPS) is 17.4. The number of hydrogen-bond acceptors (Lipinski definition) is 5. The lowest BCUT2D eigenvalue weighted by molar-refractivity contribution is -0.139. The van der Waals surface area contributed by atoms with Crippen molar-refractivity contribution in [2.24, 2.45) is 10.9 Å². The minimum absolute atomic E-state index is 0.0140. The van der Waals surface area contributed by atoms with Crippen LogP contribution in [-0.2, 0) is 14.3 Å². The highest BCUT2D eigenvalue weighted by atomic mass is 16.6. The Morgan fingerprint density at radius 2 is 1.62 bits per heavy atom. The molecule has 24 heavy (non-hydrogen) atoms. The smallest absolute Gasteiger partial charge is 0.410 e. The van der Waals surface area contributed by atoms with Crippen molar-refractivity contribution in [3.05, 3.63) is 0 Å². The van der Waals surface area contributed by atoms with Crippen molar-refractivity contribution in [2.45, 2.75) is 79.1 Å².